The van der Waals surface area contributed by atoms with Crippen LogP contribution < -0.4 is 20.9 Å². The van der Waals surface area contributed by atoms with Crippen LogP contribution in [-0.2, 0) is 5.41 Å². The highest BCUT2D eigenvalue weighted by atomic mass is 79.9. The SMILES string of the molecule is CC(C)(c1cc(Br)c(OCCN)c(Br)c1)c1cc(Br)c(OCCN)c(Br)c1. The lowest BCUT2D eigenvalue weighted by Crippen LogP contribution is -2.20. The van der Waals surface area contributed by atoms with E-state index in [1.54, 1.807) is 0 Å². The van der Waals surface area contributed by atoms with Crippen molar-refractivity contribution in [3.05, 3.63) is 53.3 Å². The van der Waals surface area contributed by atoms with Crippen molar-refractivity contribution in [1.29, 1.82) is 0 Å². The van der Waals surface area contributed by atoms with Gasteiger partial charge in [-0.1, -0.05) is 13.8 Å². The van der Waals surface area contributed by atoms with Gasteiger partial charge in [-0.2, -0.15) is 0 Å². The summed E-state index contributed by atoms with van der Waals surface area (Å²) in [5.41, 5.74) is 13.1. The molecule has 0 aliphatic rings. The number of halogens is 4. The van der Waals surface area contributed by atoms with Gasteiger partial charge in [0.2, 0.25) is 0 Å². The molecule has 0 unspecified atom stereocenters. The van der Waals surface area contributed by atoms with E-state index < -0.39 is 0 Å². The van der Waals surface area contributed by atoms with Gasteiger partial charge in [0.1, 0.15) is 24.7 Å². The molecule has 2 aromatic carbocycles. The first-order valence-corrected chi connectivity index (χ1v) is 11.5. The smallest absolute Gasteiger partial charge is 0.147 e. The van der Waals surface area contributed by atoms with E-state index in [4.69, 9.17) is 20.9 Å². The van der Waals surface area contributed by atoms with Crippen LogP contribution in [0.4, 0.5) is 0 Å². The molecule has 2 rings (SSSR count). The van der Waals surface area contributed by atoms with E-state index in [0.29, 0.717) is 26.3 Å². The minimum absolute atomic E-state index is 0.255. The van der Waals surface area contributed by atoms with Gasteiger partial charge in [0.25, 0.3) is 0 Å². The Morgan fingerprint density at radius 3 is 1.26 bits per heavy atom. The summed E-state index contributed by atoms with van der Waals surface area (Å²) in [5.74, 6) is 1.51. The van der Waals surface area contributed by atoms with Crippen molar-refractivity contribution in [2.75, 3.05) is 26.3 Å². The molecule has 0 atom stereocenters. The number of hydrogen-bond acceptors (Lipinski definition) is 4. The van der Waals surface area contributed by atoms with E-state index in [0.717, 1.165) is 40.5 Å². The zero-order valence-electron chi connectivity index (χ0n) is 15.1. The van der Waals surface area contributed by atoms with Gasteiger partial charge < -0.3 is 20.9 Å². The second kappa shape index (κ2) is 10.1. The van der Waals surface area contributed by atoms with Gasteiger partial charge in [-0.15, -0.1) is 0 Å². The van der Waals surface area contributed by atoms with E-state index in [2.05, 4.69) is 102 Å². The lowest BCUT2D eigenvalue weighted by atomic mass is 9.78. The zero-order chi connectivity index (χ0) is 20.2. The Labute approximate surface area is 193 Å². The second-order valence-corrected chi connectivity index (χ2v) is 9.85. The van der Waals surface area contributed by atoms with Crippen molar-refractivity contribution in [1.82, 2.24) is 0 Å². The van der Waals surface area contributed by atoms with Crippen LogP contribution in [0.25, 0.3) is 0 Å². The van der Waals surface area contributed by atoms with Gasteiger partial charge in [-0.05, 0) is 99.1 Å². The van der Waals surface area contributed by atoms with Crippen molar-refractivity contribution in [2.45, 2.75) is 19.3 Å². The Morgan fingerprint density at radius 1 is 0.704 bits per heavy atom. The second-order valence-electron chi connectivity index (χ2n) is 6.44. The molecule has 0 spiro atoms. The van der Waals surface area contributed by atoms with Gasteiger partial charge in [0.05, 0.1) is 17.9 Å². The van der Waals surface area contributed by atoms with E-state index in [9.17, 15) is 0 Å². The molecule has 0 amide bonds. The first kappa shape index (κ1) is 23.2. The van der Waals surface area contributed by atoms with Crippen LogP contribution in [0.5, 0.6) is 11.5 Å². The van der Waals surface area contributed by atoms with E-state index in [1.807, 2.05) is 0 Å². The topological polar surface area (TPSA) is 70.5 Å². The molecule has 0 saturated carbocycles. The average molecular weight is 630 g/mol. The summed E-state index contributed by atoms with van der Waals surface area (Å²) in [5, 5.41) is 0. The Kier molecular flexibility index (Phi) is 8.64. The van der Waals surface area contributed by atoms with Crippen LogP contribution in [0.15, 0.2) is 42.2 Å². The normalized spacial score (nSPS) is 11.6. The van der Waals surface area contributed by atoms with Crippen molar-refractivity contribution >= 4 is 63.7 Å². The van der Waals surface area contributed by atoms with Gasteiger partial charge in [-0.3, -0.25) is 0 Å². The van der Waals surface area contributed by atoms with Gasteiger partial charge >= 0.3 is 0 Å². The van der Waals surface area contributed by atoms with Gasteiger partial charge in [0, 0.05) is 18.5 Å². The molecule has 0 heterocycles. The maximum atomic E-state index is 5.72. The van der Waals surface area contributed by atoms with E-state index >= 15 is 0 Å². The Bertz CT molecular complexity index is 701. The Morgan fingerprint density at radius 2 is 1.00 bits per heavy atom. The van der Waals surface area contributed by atoms with Crippen LogP contribution in [0.1, 0.15) is 25.0 Å². The van der Waals surface area contributed by atoms with Crippen LogP contribution in [0.3, 0.4) is 0 Å². The highest BCUT2D eigenvalue weighted by molar-refractivity contribution is 9.11. The number of rotatable bonds is 8. The van der Waals surface area contributed by atoms with Gasteiger partial charge in [0.15, 0.2) is 0 Å². The number of ether oxygens (including phenoxy) is 2. The predicted molar refractivity (Wildman–Crippen MR) is 125 cm³/mol. The number of benzene rings is 2. The zero-order valence-corrected chi connectivity index (χ0v) is 21.5. The largest absolute Gasteiger partial charge is 0.490 e. The van der Waals surface area contributed by atoms with Crippen LogP contribution in [0.2, 0.25) is 0 Å². The fourth-order valence-electron chi connectivity index (χ4n) is 2.61. The van der Waals surface area contributed by atoms with Crippen molar-refractivity contribution < 1.29 is 9.47 Å². The van der Waals surface area contributed by atoms with Crippen molar-refractivity contribution in [3.8, 4) is 11.5 Å². The fourth-order valence-corrected chi connectivity index (χ4v) is 5.44. The molecular weight excluding hydrogens is 608 g/mol. The van der Waals surface area contributed by atoms with E-state index in [1.165, 1.54) is 0 Å². The summed E-state index contributed by atoms with van der Waals surface area (Å²) >= 11 is 14.5. The highest BCUT2D eigenvalue weighted by Crippen LogP contribution is 2.43. The molecule has 0 aliphatic carbocycles. The maximum Gasteiger partial charge on any atom is 0.147 e. The molecule has 2 aromatic rings. The first-order valence-electron chi connectivity index (χ1n) is 8.37. The molecule has 0 aliphatic heterocycles. The lowest BCUT2D eigenvalue weighted by molar-refractivity contribution is 0.324. The maximum absolute atomic E-state index is 5.72. The number of nitrogens with two attached hydrogens (primary N) is 2. The minimum atomic E-state index is -0.255. The highest BCUT2D eigenvalue weighted by Gasteiger charge is 2.27. The lowest BCUT2D eigenvalue weighted by Gasteiger charge is -2.28. The van der Waals surface area contributed by atoms with Crippen molar-refractivity contribution in [3.63, 3.8) is 0 Å². The molecule has 4 N–H and O–H groups in total. The summed E-state index contributed by atoms with van der Waals surface area (Å²) in [4.78, 5) is 0. The summed E-state index contributed by atoms with van der Waals surface area (Å²) < 4.78 is 15.0. The first-order chi connectivity index (χ1) is 12.7. The van der Waals surface area contributed by atoms with Crippen LogP contribution in [-0.4, -0.2) is 26.3 Å². The third kappa shape index (κ3) is 5.48. The summed E-state index contributed by atoms with van der Waals surface area (Å²) in [6.07, 6.45) is 0. The molecule has 27 heavy (non-hydrogen) atoms. The van der Waals surface area contributed by atoms with Crippen LogP contribution >= 0.6 is 63.7 Å². The standard InChI is InChI=1S/C19H22Br4N2O2/c1-19(2,11-7-13(20)17(14(21)8-11)26-5-3-24)12-9-15(22)18(16(23)10-12)27-6-4-25/h7-10H,3-6,24-25H2,1-2H3. The molecule has 0 fully saturated rings. The third-order valence-electron chi connectivity index (χ3n) is 4.17. The average Bonchev–Trinajstić information content (AvgIpc) is 2.60. The molecule has 0 bridgehead atoms. The Balaban J connectivity index is 2.43. The molecule has 148 valence electrons. The monoisotopic (exact) mass is 626 g/mol. The molecule has 0 aromatic heterocycles. The molecule has 0 radical (unpaired) electrons. The summed E-state index contributed by atoms with van der Waals surface area (Å²) in [7, 11) is 0. The van der Waals surface area contributed by atoms with Crippen molar-refractivity contribution in [2.24, 2.45) is 11.5 Å². The number of hydrogen-bond donors (Lipinski definition) is 2. The Hall–Kier alpha value is -0.120. The molecule has 8 heteroatoms. The van der Waals surface area contributed by atoms with E-state index in [-0.39, 0.29) is 5.41 Å². The summed E-state index contributed by atoms with van der Waals surface area (Å²) in [6, 6.07) is 8.32. The van der Waals surface area contributed by atoms with Crippen LogP contribution in [0, 0.1) is 0 Å². The fraction of sp³-hybridized carbons (Fsp3) is 0.368. The quantitative estimate of drug-likeness (QED) is 0.391. The van der Waals surface area contributed by atoms with Gasteiger partial charge in [-0.25, -0.2) is 0 Å². The molecular formula is C19H22Br4N2O2. The molecule has 0 saturated heterocycles. The minimum Gasteiger partial charge on any atom is -0.490 e. The predicted octanol–water partition coefficient (Wildman–Crippen LogP) is 5.74. The third-order valence-corrected chi connectivity index (χ3v) is 6.52. The molecule has 4 nitrogen and oxygen atoms in total. The summed E-state index contributed by atoms with van der Waals surface area (Å²) in [6.45, 7) is 6.21.